The predicted molar refractivity (Wildman–Crippen MR) is 101 cm³/mol. The molecule has 0 aliphatic rings. The van der Waals surface area contributed by atoms with Crippen LogP contribution in [0.25, 0.3) is 20.7 Å². The number of aromatic hydroxyl groups is 1. The fraction of sp³-hybridized carbons (Fsp3) is 0.167. The molecule has 1 unspecified atom stereocenters. The Morgan fingerprint density at radius 2 is 2.12 bits per heavy atom. The molecule has 1 atom stereocenters. The molecule has 1 aromatic carbocycles. The van der Waals surface area contributed by atoms with Crippen LogP contribution in [0.5, 0.6) is 5.75 Å². The lowest BCUT2D eigenvalue weighted by Gasteiger charge is -2.12. The zero-order valence-corrected chi connectivity index (χ0v) is 14.8. The number of phenols is 1. The molecule has 3 heterocycles. The normalized spacial score (nSPS) is 12.5. The number of aryl methyl sites for hydroxylation is 1. The van der Waals surface area contributed by atoms with Crippen LogP contribution in [0.4, 0.5) is 5.82 Å². The predicted octanol–water partition coefficient (Wildman–Crippen LogP) is 3.24. The quantitative estimate of drug-likeness (QED) is 0.506. The number of nitrogens with zero attached hydrogens (tertiary/aromatic N) is 3. The number of hydrogen-bond donors (Lipinski definition) is 3. The summed E-state index contributed by atoms with van der Waals surface area (Å²) in [6.07, 6.45) is 2.61. The first-order chi connectivity index (χ1) is 12.6. The highest BCUT2D eigenvalue weighted by Gasteiger charge is 2.20. The van der Waals surface area contributed by atoms with Crippen molar-refractivity contribution in [2.45, 2.75) is 19.4 Å². The van der Waals surface area contributed by atoms with Gasteiger partial charge in [-0.25, -0.2) is 4.63 Å². The molecule has 0 radical (unpaired) electrons. The van der Waals surface area contributed by atoms with Crippen molar-refractivity contribution in [3.63, 3.8) is 0 Å². The van der Waals surface area contributed by atoms with Gasteiger partial charge in [0.25, 0.3) is 0 Å². The van der Waals surface area contributed by atoms with E-state index in [2.05, 4.69) is 22.2 Å². The highest BCUT2D eigenvalue weighted by atomic mass is 32.1. The molecule has 0 aliphatic heterocycles. The van der Waals surface area contributed by atoms with Gasteiger partial charge in [-0.2, -0.15) is 0 Å². The second kappa shape index (κ2) is 6.40. The van der Waals surface area contributed by atoms with Gasteiger partial charge in [-0.15, -0.1) is 11.3 Å². The summed E-state index contributed by atoms with van der Waals surface area (Å²) in [5.41, 5.74) is 15.4. The van der Waals surface area contributed by atoms with Gasteiger partial charge in [0, 0.05) is 6.20 Å². The number of benzene rings is 1. The molecule has 5 N–H and O–H groups in total. The number of thiophene rings is 1. The monoisotopic (exact) mass is 367 g/mol. The van der Waals surface area contributed by atoms with Crippen molar-refractivity contribution in [2.75, 3.05) is 5.73 Å². The van der Waals surface area contributed by atoms with Gasteiger partial charge in [-0.3, -0.25) is 4.98 Å². The van der Waals surface area contributed by atoms with Crippen molar-refractivity contribution < 1.29 is 9.74 Å². The summed E-state index contributed by atoms with van der Waals surface area (Å²) in [7, 11) is 0. The van der Waals surface area contributed by atoms with Crippen molar-refractivity contribution in [1.29, 1.82) is 0 Å². The molecule has 0 saturated carbocycles. The van der Waals surface area contributed by atoms with E-state index in [1.54, 1.807) is 29.5 Å². The molecule has 0 aliphatic carbocycles. The third-order valence-electron chi connectivity index (χ3n) is 4.33. The fourth-order valence-electron chi connectivity index (χ4n) is 3.02. The second-order valence-electron chi connectivity index (χ2n) is 5.94. The summed E-state index contributed by atoms with van der Waals surface area (Å²) in [5.74, 6) is 0.455. The molecule has 0 bridgehead atoms. The molecule has 4 aromatic rings. The zero-order valence-electron chi connectivity index (χ0n) is 14.0. The van der Waals surface area contributed by atoms with E-state index in [0.717, 1.165) is 38.2 Å². The third kappa shape index (κ3) is 2.69. The highest BCUT2D eigenvalue weighted by Crippen LogP contribution is 2.40. The first-order valence-electron chi connectivity index (χ1n) is 8.12. The molecule has 0 spiro atoms. The standard InChI is InChI=1S/C18H17N5O2S/c1-2-11-12-7-13(15(19)9-4-3-5-10(24)6-9)21-8-14(12)26-17(11)16-18(20)23-25-22-16/h3-8,15,24H,2,19H2,1H3,(H2,20,23). The SMILES string of the molecule is CCc1c(-c2nonc2N)sc2cnc(C(N)c3cccc(O)c3)cc12. The molecule has 0 saturated heterocycles. The maximum atomic E-state index is 9.69. The topological polar surface area (TPSA) is 124 Å². The van der Waals surface area contributed by atoms with Crippen LogP contribution in [-0.4, -0.2) is 20.4 Å². The van der Waals surface area contributed by atoms with Crippen molar-refractivity contribution in [1.82, 2.24) is 15.3 Å². The Morgan fingerprint density at radius 3 is 2.81 bits per heavy atom. The Morgan fingerprint density at radius 1 is 1.27 bits per heavy atom. The number of rotatable bonds is 4. The van der Waals surface area contributed by atoms with Crippen LogP contribution in [-0.2, 0) is 6.42 Å². The summed E-state index contributed by atoms with van der Waals surface area (Å²) in [6, 6.07) is 8.47. The van der Waals surface area contributed by atoms with E-state index in [1.807, 2.05) is 18.3 Å². The zero-order chi connectivity index (χ0) is 18.3. The van der Waals surface area contributed by atoms with Crippen molar-refractivity contribution in [3.8, 4) is 16.3 Å². The average Bonchev–Trinajstić information content (AvgIpc) is 3.22. The Hall–Kier alpha value is -2.97. The van der Waals surface area contributed by atoms with Gasteiger partial charge in [-0.05, 0) is 51.4 Å². The van der Waals surface area contributed by atoms with Crippen LogP contribution >= 0.6 is 11.3 Å². The van der Waals surface area contributed by atoms with Crippen LogP contribution < -0.4 is 11.5 Å². The number of pyridine rings is 1. The van der Waals surface area contributed by atoms with Gasteiger partial charge in [0.1, 0.15) is 5.75 Å². The highest BCUT2D eigenvalue weighted by molar-refractivity contribution is 7.22. The van der Waals surface area contributed by atoms with Crippen LogP contribution in [0.3, 0.4) is 0 Å². The number of nitrogen functional groups attached to an aromatic ring is 1. The van der Waals surface area contributed by atoms with Gasteiger partial charge in [0.15, 0.2) is 11.5 Å². The minimum Gasteiger partial charge on any atom is -0.508 e. The fourth-order valence-corrected chi connectivity index (χ4v) is 4.26. The molecule has 3 aromatic heterocycles. The molecule has 132 valence electrons. The Balaban J connectivity index is 1.83. The third-order valence-corrected chi connectivity index (χ3v) is 5.52. The van der Waals surface area contributed by atoms with E-state index in [-0.39, 0.29) is 11.6 Å². The van der Waals surface area contributed by atoms with Crippen LogP contribution in [0, 0.1) is 0 Å². The molecule has 0 amide bonds. The summed E-state index contributed by atoms with van der Waals surface area (Å²) < 4.78 is 5.77. The first kappa shape index (κ1) is 16.5. The van der Waals surface area contributed by atoms with Gasteiger partial charge in [-0.1, -0.05) is 19.1 Å². The van der Waals surface area contributed by atoms with Crippen LogP contribution in [0.2, 0.25) is 0 Å². The molecular weight excluding hydrogens is 350 g/mol. The first-order valence-corrected chi connectivity index (χ1v) is 8.94. The van der Waals surface area contributed by atoms with E-state index in [1.165, 1.54) is 0 Å². The number of fused-ring (bicyclic) bond motifs is 1. The van der Waals surface area contributed by atoms with E-state index in [9.17, 15) is 5.11 Å². The minimum atomic E-state index is -0.432. The van der Waals surface area contributed by atoms with Crippen LogP contribution in [0.1, 0.15) is 29.8 Å². The lowest BCUT2D eigenvalue weighted by molar-refractivity contribution is 0.310. The molecule has 0 fully saturated rings. The number of aromatic nitrogens is 3. The second-order valence-corrected chi connectivity index (χ2v) is 6.99. The minimum absolute atomic E-state index is 0.181. The summed E-state index contributed by atoms with van der Waals surface area (Å²) in [6.45, 7) is 2.07. The maximum absolute atomic E-state index is 9.69. The largest absolute Gasteiger partial charge is 0.508 e. The summed E-state index contributed by atoms with van der Waals surface area (Å²) in [4.78, 5) is 5.45. The number of phenolic OH excluding ortho intramolecular Hbond substituents is 1. The number of nitrogens with two attached hydrogens (primary N) is 2. The van der Waals surface area contributed by atoms with E-state index in [0.29, 0.717) is 5.69 Å². The Bertz CT molecular complexity index is 1090. The van der Waals surface area contributed by atoms with Crippen molar-refractivity contribution in [3.05, 3.63) is 53.3 Å². The maximum Gasteiger partial charge on any atom is 0.197 e. The molecule has 26 heavy (non-hydrogen) atoms. The molecule has 4 rings (SSSR count). The smallest absolute Gasteiger partial charge is 0.197 e. The number of anilines is 1. The van der Waals surface area contributed by atoms with E-state index >= 15 is 0 Å². The van der Waals surface area contributed by atoms with Gasteiger partial charge < -0.3 is 16.6 Å². The van der Waals surface area contributed by atoms with Gasteiger partial charge in [0.2, 0.25) is 0 Å². The Kier molecular flexibility index (Phi) is 4.06. The van der Waals surface area contributed by atoms with Gasteiger partial charge in [0.05, 0.1) is 21.3 Å². The lowest BCUT2D eigenvalue weighted by atomic mass is 10.0. The van der Waals surface area contributed by atoms with Crippen molar-refractivity contribution in [2.24, 2.45) is 5.73 Å². The van der Waals surface area contributed by atoms with Gasteiger partial charge >= 0.3 is 0 Å². The number of hydrogen-bond acceptors (Lipinski definition) is 8. The average molecular weight is 367 g/mol. The van der Waals surface area contributed by atoms with E-state index in [4.69, 9.17) is 16.1 Å². The lowest BCUT2D eigenvalue weighted by Crippen LogP contribution is -2.13. The van der Waals surface area contributed by atoms with Crippen molar-refractivity contribution >= 4 is 27.2 Å². The molecular formula is C18H17N5O2S. The summed E-state index contributed by atoms with van der Waals surface area (Å²) in [5, 5.41) is 18.4. The molecule has 7 nitrogen and oxygen atoms in total. The van der Waals surface area contributed by atoms with E-state index < -0.39 is 6.04 Å². The molecule has 8 heteroatoms. The summed E-state index contributed by atoms with van der Waals surface area (Å²) >= 11 is 1.55. The Labute approximate surface area is 153 Å². The van der Waals surface area contributed by atoms with Crippen LogP contribution in [0.15, 0.2) is 41.2 Å².